The lowest BCUT2D eigenvalue weighted by atomic mass is 10.1. The van der Waals surface area contributed by atoms with E-state index < -0.39 is 10.7 Å². The van der Waals surface area contributed by atoms with Crippen molar-refractivity contribution in [3.63, 3.8) is 0 Å². The minimum Gasteiger partial charge on any atom is -0.261 e. The van der Waals surface area contributed by atoms with Crippen LogP contribution in [0.1, 0.15) is 17.5 Å². The smallest absolute Gasteiger partial charge is 0.261 e. The molecular formula is C9H8FNO2. The van der Waals surface area contributed by atoms with Gasteiger partial charge in [-0.05, 0) is 18.1 Å². The molecule has 1 aromatic carbocycles. The van der Waals surface area contributed by atoms with Gasteiger partial charge in [0.1, 0.15) is 0 Å². The predicted molar refractivity (Wildman–Crippen MR) is 44.5 cm³/mol. The highest BCUT2D eigenvalue weighted by Gasteiger charge is 2.50. The number of nitrogens with zero attached hydrogens (tertiary/aromatic N) is 1. The zero-order valence-electron chi connectivity index (χ0n) is 6.87. The summed E-state index contributed by atoms with van der Waals surface area (Å²) in [5, 5.41) is 10.5. The number of fused-ring (bicyclic) bond motifs is 1. The van der Waals surface area contributed by atoms with Crippen LogP contribution in [0.5, 0.6) is 0 Å². The maximum absolute atomic E-state index is 13.7. The van der Waals surface area contributed by atoms with Crippen molar-refractivity contribution in [1.82, 2.24) is 0 Å². The molecule has 0 saturated carbocycles. The van der Waals surface area contributed by atoms with E-state index in [-0.39, 0.29) is 12.0 Å². The van der Waals surface area contributed by atoms with Gasteiger partial charge >= 0.3 is 5.79 Å². The van der Waals surface area contributed by atoms with Crippen LogP contribution in [0.3, 0.4) is 0 Å². The first-order valence-electron chi connectivity index (χ1n) is 4.06. The van der Waals surface area contributed by atoms with Gasteiger partial charge in [0.05, 0.1) is 16.9 Å². The Labute approximate surface area is 74.3 Å². The molecule has 0 aromatic heterocycles. The lowest BCUT2D eigenvalue weighted by molar-refractivity contribution is -0.615. The van der Waals surface area contributed by atoms with Gasteiger partial charge in [0, 0.05) is 0 Å². The van der Waals surface area contributed by atoms with Crippen molar-refractivity contribution in [3.05, 3.63) is 45.5 Å². The number of rotatable bonds is 1. The van der Waals surface area contributed by atoms with Crippen molar-refractivity contribution in [2.75, 3.05) is 0 Å². The number of hydrogen-bond acceptors (Lipinski definition) is 2. The molecule has 3 nitrogen and oxygen atoms in total. The molecule has 13 heavy (non-hydrogen) atoms. The summed E-state index contributed by atoms with van der Waals surface area (Å²) in [6.45, 7) is 0. The van der Waals surface area contributed by atoms with E-state index in [1.54, 1.807) is 18.2 Å². The number of aryl methyl sites for hydroxylation is 1. The lowest BCUT2D eigenvalue weighted by Gasteiger charge is -2.10. The van der Waals surface area contributed by atoms with E-state index >= 15 is 0 Å². The van der Waals surface area contributed by atoms with E-state index in [4.69, 9.17) is 0 Å². The number of nitro groups is 1. The summed E-state index contributed by atoms with van der Waals surface area (Å²) >= 11 is 0. The third-order valence-corrected chi connectivity index (χ3v) is 2.45. The molecule has 0 bridgehead atoms. The van der Waals surface area contributed by atoms with Crippen LogP contribution in [0.25, 0.3) is 0 Å². The fourth-order valence-corrected chi connectivity index (χ4v) is 1.74. The monoisotopic (exact) mass is 181 g/mol. The molecule has 1 aromatic rings. The molecule has 0 amide bonds. The lowest BCUT2D eigenvalue weighted by Crippen LogP contribution is -2.27. The average molecular weight is 181 g/mol. The maximum atomic E-state index is 13.7. The minimum absolute atomic E-state index is 0.0423. The van der Waals surface area contributed by atoms with Crippen LogP contribution in [0.15, 0.2) is 24.3 Å². The molecule has 1 aliphatic rings. The second-order valence-electron chi connectivity index (χ2n) is 3.17. The Morgan fingerprint density at radius 2 is 2.15 bits per heavy atom. The van der Waals surface area contributed by atoms with Gasteiger partial charge in [-0.15, -0.1) is 0 Å². The third-order valence-electron chi connectivity index (χ3n) is 2.45. The van der Waals surface area contributed by atoms with Gasteiger partial charge in [0.2, 0.25) is 0 Å². The number of hydrogen-bond donors (Lipinski definition) is 0. The zero-order chi connectivity index (χ0) is 9.47. The van der Waals surface area contributed by atoms with Crippen molar-refractivity contribution in [2.45, 2.75) is 18.6 Å². The zero-order valence-corrected chi connectivity index (χ0v) is 6.87. The van der Waals surface area contributed by atoms with Gasteiger partial charge in [0.25, 0.3) is 0 Å². The Bertz CT molecular complexity index is 366. The first-order valence-corrected chi connectivity index (χ1v) is 4.06. The van der Waals surface area contributed by atoms with Crippen LogP contribution in [0.2, 0.25) is 0 Å². The summed E-state index contributed by atoms with van der Waals surface area (Å²) in [5.41, 5.74) is 0.974. The highest BCUT2D eigenvalue weighted by atomic mass is 19.1. The summed E-state index contributed by atoms with van der Waals surface area (Å²) in [5.74, 6) is -2.35. The Morgan fingerprint density at radius 3 is 2.85 bits per heavy atom. The second kappa shape index (κ2) is 2.52. The maximum Gasteiger partial charge on any atom is 0.385 e. The van der Waals surface area contributed by atoms with Crippen molar-refractivity contribution in [1.29, 1.82) is 0 Å². The summed E-state index contributed by atoms with van der Waals surface area (Å²) in [7, 11) is 0. The van der Waals surface area contributed by atoms with Gasteiger partial charge in [-0.3, -0.25) is 10.1 Å². The van der Waals surface area contributed by atoms with Crippen LogP contribution < -0.4 is 0 Å². The number of benzene rings is 1. The van der Waals surface area contributed by atoms with E-state index in [9.17, 15) is 14.5 Å². The SMILES string of the molecule is O=[N+]([O-])C1(F)CCc2ccccc21. The van der Waals surface area contributed by atoms with Gasteiger partial charge in [-0.25, -0.2) is 0 Å². The summed E-state index contributed by atoms with van der Waals surface area (Å²) in [4.78, 5) is 9.68. The Balaban J connectivity index is 2.55. The molecule has 68 valence electrons. The molecule has 2 rings (SSSR count). The van der Waals surface area contributed by atoms with Crippen molar-refractivity contribution in [2.24, 2.45) is 0 Å². The fraction of sp³-hybridized carbons (Fsp3) is 0.333. The van der Waals surface area contributed by atoms with E-state index in [2.05, 4.69) is 0 Å². The third kappa shape index (κ3) is 1.02. The van der Waals surface area contributed by atoms with E-state index in [0.717, 1.165) is 5.56 Å². The molecule has 4 heteroatoms. The van der Waals surface area contributed by atoms with Crippen molar-refractivity contribution in [3.8, 4) is 0 Å². The Kier molecular flexibility index (Phi) is 1.58. The van der Waals surface area contributed by atoms with Crippen LogP contribution >= 0.6 is 0 Å². The van der Waals surface area contributed by atoms with Crippen LogP contribution in [-0.4, -0.2) is 4.92 Å². The number of alkyl halides is 1. The number of halogens is 1. The van der Waals surface area contributed by atoms with Crippen molar-refractivity contribution < 1.29 is 9.31 Å². The molecule has 0 saturated heterocycles. The summed E-state index contributed by atoms with van der Waals surface area (Å²) in [6, 6.07) is 6.62. The molecule has 0 radical (unpaired) electrons. The van der Waals surface area contributed by atoms with Crippen LogP contribution in [-0.2, 0) is 12.2 Å². The fourth-order valence-electron chi connectivity index (χ4n) is 1.74. The first kappa shape index (κ1) is 8.16. The quantitative estimate of drug-likeness (QED) is 0.378. The molecular weight excluding hydrogens is 173 g/mol. The van der Waals surface area contributed by atoms with Crippen LogP contribution in [0, 0.1) is 10.1 Å². The molecule has 1 unspecified atom stereocenters. The molecule has 1 aliphatic carbocycles. The molecule has 0 spiro atoms. The summed E-state index contributed by atoms with van der Waals surface area (Å²) < 4.78 is 13.7. The highest BCUT2D eigenvalue weighted by Crippen LogP contribution is 2.40. The highest BCUT2D eigenvalue weighted by molar-refractivity contribution is 5.35. The normalized spacial score (nSPS) is 25.6. The van der Waals surface area contributed by atoms with Gasteiger partial charge in [-0.1, -0.05) is 18.2 Å². The molecule has 0 aliphatic heterocycles. The van der Waals surface area contributed by atoms with Gasteiger partial charge in [0.15, 0.2) is 0 Å². The molecule has 0 N–H and O–H groups in total. The largest absolute Gasteiger partial charge is 0.385 e. The molecule has 0 fully saturated rings. The molecule has 1 atom stereocenters. The Morgan fingerprint density at radius 1 is 1.46 bits per heavy atom. The van der Waals surface area contributed by atoms with E-state index in [1.165, 1.54) is 6.07 Å². The average Bonchev–Trinajstić information content (AvgIpc) is 2.47. The van der Waals surface area contributed by atoms with Crippen LogP contribution in [0.4, 0.5) is 4.39 Å². The standard InChI is InChI=1S/C9H8FNO2/c10-9(11(12)13)6-5-7-3-1-2-4-8(7)9/h1-4H,5-6H2. The first-order chi connectivity index (χ1) is 6.14. The second-order valence-corrected chi connectivity index (χ2v) is 3.17. The van der Waals surface area contributed by atoms with Gasteiger partial charge < -0.3 is 0 Å². The summed E-state index contributed by atoms with van der Waals surface area (Å²) in [6.07, 6.45) is 0.410. The van der Waals surface area contributed by atoms with Gasteiger partial charge in [-0.2, -0.15) is 4.39 Å². The molecule has 0 heterocycles. The van der Waals surface area contributed by atoms with Crippen molar-refractivity contribution >= 4 is 0 Å². The predicted octanol–water partition coefficient (Wildman–Crippen LogP) is 2.03. The Hall–Kier alpha value is -1.45. The topological polar surface area (TPSA) is 43.1 Å². The van der Waals surface area contributed by atoms with E-state index in [1.807, 2.05) is 0 Å². The minimum atomic E-state index is -2.35. The van der Waals surface area contributed by atoms with E-state index in [0.29, 0.717) is 6.42 Å².